The van der Waals surface area contributed by atoms with E-state index in [1.54, 1.807) is 23.2 Å². The number of carbonyl (C=O) groups is 1. The summed E-state index contributed by atoms with van der Waals surface area (Å²) in [6.07, 6.45) is 2.33. The number of nitrogens with one attached hydrogen (secondary N) is 1. The summed E-state index contributed by atoms with van der Waals surface area (Å²) in [6, 6.07) is 7.18. The second kappa shape index (κ2) is 7.27. The zero-order valence-electron chi connectivity index (χ0n) is 13.8. The summed E-state index contributed by atoms with van der Waals surface area (Å²) >= 11 is 5.85. The monoisotopic (exact) mass is 373 g/mol. The summed E-state index contributed by atoms with van der Waals surface area (Å²) in [5, 5.41) is 0.645. The molecule has 134 valence electrons. The smallest absolute Gasteiger partial charge is 0.410 e. The Morgan fingerprint density at radius 3 is 3.04 bits per heavy atom. The molecule has 0 spiro atoms. The topological polar surface area (TPSA) is 93.2 Å². The van der Waals surface area contributed by atoms with Gasteiger partial charge in [-0.05, 0) is 17.7 Å². The van der Waals surface area contributed by atoms with Gasteiger partial charge in [-0.1, -0.05) is 23.7 Å². The second-order valence-corrected chi connectivity index (χ2v) is 6.30. The van der Waals surface area contributed by atoms with E-state index in [-0.39, 0.29) is 18.8 Å². The van der Waals surface area contributed by atoms with Gasteiger partial charge in [0, 0.05) is 11.6 Å². The van der Waals surface area contributed by atoms with Gasteiger partial charge in [-0.15, -0.1) is 0 Å². The van der Waals surface area contributed by atoms with Crippen molar-refractivity contribution in [2.75, 3.05) is 19.7 Å². The minimum Gasteiger partial charge on any atom is -0.445 e. The van der Waals surface area contributed by atoms with E-state index in [0.717, 1.165) is 5.56 Å². The van der Waals surface area contributed by atoms with Gasteiger partial charge >= 0.3 is 6.09 Å². The van der Waals surface area contributed by atoms with Gasteiger partial charge in [-0.25, -0.2) is 19.7 Å². The van der Waals surface area contributed by atoms with Gasteiger partial charge in [0.15, 0.2) is 5.65 Å². The van der Waals surface area contributed by atoms with Crippen LogP contribution in [0.1, 0.15) is 17.5 Å². The van der Waals surface area contributed by atoms with Crippen molar-refractivity contribution in [3.63, 3.8) is 0 Å². The normalized spacial score (nSPS) is 17.4. The lowest BCUT2D eigenvalue weighted by Gasteiger charge is -2.31. The molecule has 1 N–H and O–H groups in total. The largest absolute Gasteiger partial charge is 0.445 e. The first-order valence-electron chi connectivity index (χ1n) is 8.12. The van der Waals surface area contributed by atoms with E-state index in [4.69, 9.17) is 21.1 Å². The molecule has 4 rings (SSSR count). The summed E-state index contributed by atoms with van der Waals surface area (Å²) < 4.78 is 11.1. The second-order valence-electron chi connectivity index (χ2n) is 5.87. The molecule has 1 aromatic carbocycles. The average molecular weight is 374 g/mol. The Hall–Kier alpha value is -2.71. The Morgan fingerprint density at radius 1 is 1.38 bits per heavy atom. The molecular weight excluding hydrogens is 358 g/mol. The average Bonchev–Trinajstić information content (AvgIpc) is 3.12. The zero-order chi connectivity index (χ0) is 17.9. The molecule has 26 heavy (non-hydrogen) atoms. The van der Waals surface area contributed by atoms with Crippen LogP contribution < -0.4 is 0 Å². The molecule has 3 heterocycles. The number of amides is 1. The first-order valence-corrected chi connectivity index (χ1v) is 8.50. The summed E-state index contributed by atoms with van der Waals surface area (Å²) in [5.74, 6) is 0.621. The van der Waals surface area contributed by atoms with Gasteiger partial charge in [0.2, 0.25) is 0 Å². The Balaban J connectivity index is 1.39. The van der Waals surface area contributed by atoms with Crippen molar-refractivity contribution in [1.82, 2.24) is 24.8 Å². The molecule has 8 nitrogen and oxygen atoms in total. The van der Waals surface area contributed by atoms with Crippen LogP contribution in [0.5, 0.6) is 0 Å². The third-order valence-electron chi connectivity index (χ3n) is 4.09. The SMILES string of the molecule is O=C(OCc1ccc(Cl)cc1)N1CCO[C@H](c2nc3cncnc3[nH]2)C1. The molecule has 2 aromatic heterocycles. The highest BCUT2D eigenvalue weighted by Crippen LogP contribution is 2.22. The lowest BCUT2D eigenvalue weighted by molar-refractivity contribution is -0.0330. The van der Waals surface area contributed by atoms with Gasteiger partial charge in [0.05, 0.1) is 19.3 Å². The van der Waals surface area contributed by atoms with Crippen LogP contribution in [-0.2, 0) is 16.1 Å². The maximum absolute atomic E-state index is 12.4. The maximum atomic E-state index is 12.4. The molecule has 1 aliphatic rings. The maximum Gasteiger partial charge on any atom is 0.410 e. The fourth-order valence-corrected chi connectivity index (χ4v) is 2.86. The summed E-state index contributed by atoms with van der Waals surface area (Å²) in [7, 11) is 0. The minimum atomic E-state index is -0.385. The number of rotatable bonds is 3. The van der Waals surface area contributed by atoms with Crippen LogP contribution in [0.15, 0.2) is 36.8 Å². The van der Waals surface area contributed by atoms with Gasteiger partial charge < -0.3 is 19.4 Å². The number of benzene rings is 1. The highest BCUT2D eigenvalue weighted by atomic mass is 35.5. The highest BCUT2D eigenvalue weighted by Gasteiger charge is 2.28. The predicted octanol–water partition coefficient (Wildman–Crippen LogP) is 2.72. The number of aromatic nitrogens is 4. The van der Waals surface area contributed by atoms with E-state index in [2.05, 4.69) is 19.9 Å². The van der Waals surface area contributed by atoms with Crippen molar-refractivity contribution in [3.05, 3.63) is 53.2 Å². The van der Waals surface area contributed by atoms with Gasteiger partial charge in [0.25, 0.3) is 0 Å². The number of ether oxygens (including phenoxy) is 2. The van der Waals surface area contributed by atoms with Crippen molar-refractivity contribution in [2.45, 2.75) is 12.7 Å². The molecule has 0 bridgehead atoms. The third-order valence-corrected chi connectivity index (χ3v) is 4.34. The molecular formula is C17H16ClN5O3. The molecule has 1 atom stereocenters. The van der Waals surface area contributed by atoms with Crippen LogP contribution in [0.25, 0.3) is 11.2 Å². The Bertz CT molecular complexity index is 881. The lowest BCUT2D eigenvalue weighted by Crippen LogP contribution is -2.42. The molecule has 0 aliphatic carbocycles. The number of H-pyrrole nitrogens is 1. The van der Waals surface area contributed by atoms with Gasteiger partial charge in [0.1, 0.15) is 30.4 Å². The van der Waals surface area contributed by atoms with Crippen LogP contribution in [0.4, 0.5) is 4.79 Å². The Kier molecular flexibility index (Phi) is 4.68. The van der Waals surface area contributed by atoms with Gasteiger partial charge in [-0.2, -0.15) is 0 Å². The van der Waals surface area contributed by atoms with E-state index in [9.17, 15) is 4.79 Å². The highest BCUT2D eigenvalue weighted by molar-refractivity contribution is 6.30. The number of nitrogens with zero attached hydrogens (tertiary/aromatic N) is 4. The molecule has 1 amide bonds. The van der Waals surface area contributed by atoms with E-state index in [1.807, 2.05) is 12.1 Å². The van der Waals surface area contributed by atoms with Gasteiger partial charge in [-0.3, -0.25) is 0 Å². The molecule has 1 saturated heterocycles. The van der Waals surface area contributed by atoms with Crippen LogP contribution in [0.3, 0.4) is 0 Å². The van der Waals surface area contributed by atoms with E-state index in [0.29, 0.717) is 41.7 Å². The van der Waals surface area contributed by atoms with Crippen molar-refractivity contribution in [1.29, 1.82) is 0 Å². The fraction of sp³-hybridized carbons (Fsp3) is 0.294. The molecule has 1 aliphatic heterocycles. The first kappa shape index (κ1) is 16.7. The van der Waals surface area contributed by atoms with Crippen molar-refractivity contribution in [3.8, 4) is 0 Å². The molecule has 0 saturated carbocycles. The van der Waals surface area contributed by atoms with Crippen molar-refractivity contribution >= 4 is 28.9 Å². The van der Waals surface area contributed by atoms with E-state index in [1.165, 1.54) is 6.33 Å². The first-order chi connectivity index (χ1) is 12.7. The number of aromatic amines is 1. The number of imidazole rings is 1. The van der Waals surface area contributed by atoms with E-state index < -0.39 is 0 Å². The van der Waals surface area contributed by atoms with Crippen LogP contribution in [0, 0.1) is 0 Å². The Labute approximate surface area is 154 Å². The van der Waals surface area contributed by atoms with Crippen molar-refractivity contribution < 1.29 is 14.3 Å². The number of halogens is 1. The fourth-order valence-electron chi connectivity index (χ4n) is 2.73. The summed E-state index contributed by atoms with van der Waals surface area (Å²) in [5.41, 5.74) is 2.18. The summed E-state index contributed by atoms with van der Waals surface area (Å²) in [6.45, 7) is 1.42. The quantitative estimate of drug-likeness (QED) is 0.758. The number of hydrogen-bond acceptors (Lipinski definition) is 6. The van der Waals surface area contributed by atoms with Crippen LogP contribution in [0.2, 0.25) is 5.02 Å². The zero-order valence-corrected chi connectivity index (χ0v) is 14.5. The molecule has 9 heteroatoms. The number of hydrogen-bond donors (Lipinski definition) is 1. The molecule has 0 unspecified atom stereocenters. The molecule has 3 aromatic rings. The van der Waals surface area contributed by atoms with Crippen LogP contribution >= 0.6 is 11.6 Å². The minimum absolute atomic E-state index is 0.193. The predicted molar refractivity (Wildman–Crippen MR) is 93.6 cm³/mol. The lowest BCUT2D eigenvalue weighted by atomic mass is 10.2. The molecule has 0 radical (unpaired) electrons. The third kappa shape index (κ3) is 3.61. The van der Waals surface area contributed by atoms with E-state index >= 15 is 0 Å². The number of morpholine rings is 1. The molecule has 1 fully saturated rings. The number of fused-ring (bicyclic) bond motifs is 1. The van der Waals surface area contributed by atoms with Crippen LogP contribution in [-0.4, -0.2) is 50.6 Å². The number of carbonyl (C=O) groups excluding carboxylic acids is 1. The standard InChI is InChI=1S/C17H16ClN5O3/c18-12-3-1-11(2-4-12)9-26-17(24)23-5-6-25-14(8-23)16-21-13-7-19-10-20-15(13)22-16/h1-4,7,10,14H,5-6,8-9H2,(H,19,20,21,22)/t14-/m0/s1. The summed E-state index contributed by atoms with van der Waals surface area (Å²) in [4.78, 5) is 29.6. The van der Waals surface area contributed by atoms with Crippen molar-refractivity contribution in [2.24, 2.45) is 0 Å². The Morgan fingerprint density at radius 2 is 2.23 bits per heavy atom.